The minimum atomic E-state index is 0.103. The van der Waals surface area contributed by atoms with Crippen LogP contribution in [0, 0.1) is 11.3 Å². The van der Waals surface area contributed by atoms with E-state index in [1.807, 2.05) is 0 Å². The number of hydrogen-bond donors (Lipinski definition) is 0. The second-order valence-electron chi connectivity index (χ2n) is 8.97. The summed E-state index contributed by atoms with van der Waals surface area (Å²) in [5.74, 6) is 0.563. The van der Waals surface area contributed by atoms with E-state index in [1.54, 1.807) is 6.07 Å². The first-order valence-electron chi connectivity index (χ1n) is 12.5. The Hall–Kier alpha value is -1.53. The van der Waals surface area contributed by atoms with Gasteiger partial charge in [0.25, 0.3) is 0 Å². The monoisotopic (exact) mass is 486 g/mol. The van der Waals surface area contributed by atoms with Gasteiger partial charge in [-0.15, -0.1) is 23.2 Å². The van der Waals surface area contributed by atoms with E-state index in [1.165, 1.54) is 36.5 Å². The molecule has 2 aromatic rings. The van der Waals surface area contributed by atoms with Crippen molar-refractivity contribution in [3.8, 4) is 6.07 Å². The fourth-order valence-electron chi connectivity index (χ4n) is 4.83. The van der Waals surface area contributed by atoms with Crippen LogP contribution in [0.4, 0.5) is 0 Å². The molecule has 4 heteroatoms. The molecule has 4 atom stereocenters. The first-order chi connectivity index (χ1) is 16.0. The van der Waals surface area contributed by atoms with E-state index < -0.39 is 0 Å². The number of alkyl halides is 2. The molecule has 3 rings (SSSR count). The van der Waals surface area contributed by atoms with E-state index >= 15 is 0 Å². The van der Waals surface area contributed by atoms with Crippen LogP contribution in [-0.2, 0) is 12.8 Å². The predicted octanol–water partition coefficient (Wildman–Crippen LogP) is 7.97. The van der Waals surface area contributed by atoms with E-state index in [9.17, 15) is 0 Å². The summed E-state index contributed by atoms with van der Waals surface area (Å²) in [6, 6.07) is 22.6. The van der Waals surface area contributed by atoms with Gasteiger partial charge in [0.15, 0.2) is 0 Å². The molecule has 0 bridgehead atoms. The van der Waals surface area contributed by atoms with Crippen molar-refractivity contribution in [2.75, 3.05) is 13.1 Å². The Morgan fingerprint density at radius 2 is 1.58 bits per heavy atom. The number of benzene rings is 2. The summed E-state index contributed by atoms with van der Waals surface area (Å²) >= 11 is 12.7. The summed E-state index contributed by atoms with van der Waals surface area (Å²) in [5.41, 5.74) is 4.31. The zero-order chi connectivity index (χ0) is 24.1. The van der Waals surface area contributed by atoms with Gasteiger partial charge in [-0.2, -0.15) is 5.26 Å². The predicted molar refractivity (Wildman–Crippen MR) is 143 cm³/mol. The molecule has 1 saturated carbocycles. The summed E-state index contributed by atoms with van der Waals surface area (Å²) in [4.78, 5) is 2.66. The lowest BCUT2D eigenvalue weighted by atomic mass is 9.83. The van der Waals surface area contributed by atoms with E-state index in [2.05, 4.69) is 73.3 Å². The van der Waals surface area contributed by atoms with Crippen molar-refractivity contribution in [1.29, 1.82) is 5.26 Å². The van der Waals surface area contributed by atoms with Crippen LogP contribution < -0.4 is 0 Å². The van der Waals surface area contributed by atoms with E-state index in [-0.39, 0.29) is 10.8 Å². The normalized spacial score (nSPS) is 21.1. The zero-order valence-corrected chi connectivity index (χ0v) is 22.0. The summed E-state index contributed by atoms with van der Waals surface area (Å²) in [6.07, 6.45) is 7.88. The van der Waals surface area contributed by atoms with Crippen molar-refractivity contribution in [3.63, 3.8) is 0 Å². The van der Waals surface area contributed by atoms with Gasteiger partial charge in [-0.3, -0.25) is 0 Å². The fraction of sp³-hybridized carbons (Fsp3) is 0.552. The Labute approximate surface area is 211 Å². The molecule has 180 valence electrons. The van der Waals surface area contributed by atoms with Gasteiger partial charge in [0.1, 0.15) is 0 Å². The molecule has 2 nitrogen and oxygen atoms in total. The second kappa shape index (κ2) is 15.4. The maximum atomic E-state index is 7.32. The van der Waals surface area contributed by atoms with Gasteiger partial charge in [0.2, 0.25) is 0 Å². The maximum absolute atomic E-state index is 7.32. The van der Waals surface area contributed by atoms with Crippen molar-refractivity contribution in [2.45, 2.75) is 88.4 Å². The summed E-state index contributed by atoms with van der Waals surface area (Å²) < 4.78 is 0. The fourth-order valence-corrected chi connectivity index (χ4v) is 5.40. The van der Waals surface area contributed by atoms with Gasteiger partial charge < -0.3 is 4.90 Å². The molecule has 0 radical (unpaired) electrons. The Bertz CT molecular complexity index is 816. The smallest absolute Gasteiger partial charge is 0.0587 e. The van der Waals surface area contributed by atoms with Gasteiger partial charge in [-0.05, 0) is 74.1 Å². The number of hydrogen-bond acceptors (Lipinski definition) is 2. The molecule has 0 heterocycles. The third kappa shape index (κ3) is 9.32. The van der Waals surface area contributed by atoms with Crippen LogP contribution in [0.5, 0.6) is 0 Å². The molecule has 0 saturated heterocycles. The van der Waals surface area contributed by atoms with Crippen LogP contribution in [-0.4, -0.2) is 34.8 Å². The molecule has 1 aliphatic rings. The third-order valence-electron chi connectivity index (χ3n) is 6.83. The van der Waals surface area contributed by atoms with Gasteiger partial charge >= 0.3 is 0 Å². The molecule has 0 amide bonds. The minimum absolute atomic E-state index is 0.103. The average Bonchev–Trinajstić information content (AvgIpc) is 2.84. The maximum Gasteiger partial charge on any atom is 0.0587 e. The number of halogens is 2. The van der Waals surface area contributed by atoms with Crippen LogP contribution in [0.25, 0.3) is 0 Å². The van der Waals surface area contributed by atoms with Gasteiger partial charge in [-0.25, -0.2) is 0 Å². The van der Waals surface area contributed by atoms with Gasteiger partial charge in [0, 0.05) is 24.9 Å². The lowest BCUT2D eigenvalue weighted by molar-refractivity contribution is 0.193. The molecular weight excluding hydrogens is 447 g/mol. The first-order valence-corrected chi connectivity index (χ1v) is 13.3. The van der Waals surface area contributed by atoms with Crippen LogP contribution >= 0.6 is 23.2 Å². The van der Waals surface area contributed by atoms with Crippen LogP contribution in [0.3, 0.4) is 0 Å². The number of nitriles is 1. The van der Waals surface area contributed by atoms with Crippen molar-refractivity contribution in [2.24, 2.45) is 0 Å². The third-order valence-corrected chi connectivity index (χ3v) is 7.97. The highest BCUT2D eigenvalue weighted by Gasteiger charge is 2.28. The number of aryl methyl sites for hydroxylation is 1. The molecule has 0 N–H and O–H groups in total. The molecular formula is C29H40Cl2N2. The summed E-state index contributed by atoms with van der Waals surface area (Å²) in [7, 11) is 0. The lowest BCUT2D eigenvalue weighted by Crippen LogP contribution is -2.36. The highest BCUT2D eigenvalue weighted by atomic mass is 35.5. The van der Waals surface area contributed by atoms with E-state index in [0.717, 1.165) is 45.2 Å². The molecule has 4 unspecified atom stereocenters. The Morgan fingerprint density at radius 1 is 0.939 bits per heavy atom. The lowest BCUT2D eigenvalue weighted by Gasteiger charge is -2.30. The molecule has 0 aliphatic heterocycles. The van der Waals surface area contributed by atoms with Crippen LogP contribution in [0.1, 0.15) is 75.5 Å². The molecule has 0 aromatic heterocycles. The Kier molecular flexibility index (Phi) is 12.9. The quantitative estimate of drug-likeness (QED) is 0.318. The summed E-state index contributed by atoms with van der Waals surface area (Å²) in [6.45, 7) is 8.31. The molecule has 33 heavy (non-hydrogen) atoms. The molecule has 2 aromatic carbocycles. The second-order valence-corrected chi connectivity index (χ2v) is 10.1. The van der Waals surface area contributed by atoms with Crippen molar-refractivity contribution in [3.05, 3.63) is 71.3 Å². The van der Waals surface area contributed by atoms with Crippen LogP contribution in [0.2, 0.25) is 0 Å². The highest BCUT2D eigenvalue weighted by molar-refractivity contribution is 6.30. The Balaban J connectivity index is 0.00000122. The molecule has 1 aliphatic carbocycles. The number of likely N-dealkylation sites (N-methyl/N-ethyl adjacent to an activating group) is 1. The minimum Gasteiger partial charge on any atom is -0.300 e. The van der Waals surface area contributed by atoms with Crippen molar-refractivity contribution < 1.29 is 0 Å². The first kappa shape index (κ1) is 27.7. The van der Waals surface area contributed by atoms with Crippen LogP contribution in [0.15, 0.2) is 54.6 Å². The molecule has 0 spiro atoms. The average molecular weight is 488 g/mol. The Morgan fingerprint density at radius 3 is 2.15 bits per heavy atom. The van der Waals surface area contributed by atoms with E-state index in [0.29, 0.717) is 12.0 Å². The largest absolute Gasteiger partial charge is 0.300 e. The zero-order valence-electron chi connectivity index (χ0n) is 20.5. The van der Waals surface area contributed by atoms with Crippen molar-refractivity contribution >= 4 is 23.2 Å². The van der Waals surface area contributed by atoms with E-state index in [4.69, 9.17) is 28.5 Å². The standard InChI is InChI=1S/C27H37Cl2N.C2H3N/c1-3-25(30(4-2)19-18-21-8-6-5-7-9-21)16-12-22-10-13-23(14-11-22)24-15-17-26(28)27(29)20-24;1-2-3/h5-11,13-14,24-27H,3-4,12,15-20H2,1-2H3;1H3. The van der Waals surface area contributed by atoms with Crippen molar-refractivity contribution in [1.82, 2.24) is 4.90 Å². The topological polar surface area (TPSA) is 27.0 Å². The molecule has 1 fully saturated rings. The van der Waals surface area contributed by atoms with Gasteiger partial charge in [-0.1, -0.05) is 68.4 Å². The highest BCUT2D eigenvalue weighted by Crippen LogP contribution is 2.37. The number of nitrogens with zero attached hydrogens (tertiary/aromatic N) is 2. The number of rotatable bonds is 10. The SMILES string of the molecule is CC#N.CCC(CCc1ccc(C2CCC(Cl)C(Cl)C2)cc1)N(CC)CCc1ccccc1. The summed E-state index contributed by atoms with van der Waals surface area (Å²) in [5, 5.41) is 7.56. The van der Waals surface area contributed by atoms with Gasteiger partial charge in [0.05, 0.1) is 11.4 Å².